The molecule has 1 fully saturated rings. The van der Waals surface area contributed by atoms with Crippen LogP contribution in [0.5, 0.6) is 0 Å². The van der Waals surface area contributed by atoms with Gasteiger partial charge in [-0.25, -0.2) is 4.79 Å². The maximum absolute atomic E-state index is 11.7. The summed E-state index contributed by atoms with van der Waals surface area (Å²) < 4.78 is 5.16. The summed E-state index contributed by atoms with van der Waals surface area (Å²) in [6.07, 6.45) is 7.78. The second kappa shape index (κ2) is 4.08. The van der Waals surface area contributed by atoms with Crippen molar-refractivity contribution < 1.29 is 9.53 Å². The van der Waals surface area contributed by atoms with E-state index < -0.39 is 0 Å². The number of rotatable bonds is 3. The average Bonchev–Trinajstić information content (AvgIpc) is 2.81. The molecule has 2 atom stereocenters. The number of allylic oxidation sites excluding steroid dienone is 2. The number of hydrogen-bond donors (Lipinski definition) is 0. The molecule has 0 aromatic rings. The van der Waals surface area contributed by atoms with Gasteiger partial charge in [0.1, 0.15) is 6.61 Å². The highest BCUT2D eigenvalue weighted by atomic mass is 16.5. The number of fused-ring (bicyclic) bond motifs is 1. The van der Waals surface area contributed by atoms with Crippen molar-refractivity contribution in [3.05, 3.63) is 23.8 Å². The van der Waals surface area contributed by atoms with Gasteiger partial charge in [0.05, 0.1) is 0 Å². The fourth-order valence-electron chi connectivity index (χ4n) is 2.80. The summed E-state index contributed by atoms with van der Waals surface area (Å²) in [5, 5.41) is 0. The van der Waals surface area contributed by atoms with Crippen LogP contribution in [0.15, 0.2) is 23.8 Å². The first-order valence-electron chi connectivity index (χ1n) is 6.04. The van der Waals surface area contributed by atoms with Crippen molar-refractivity contribution in [3.8, 4) is 0 Å². The minimum Gasteiger partial charge on any atom is -0.458 e. The smallest absolute Gasteiger partial charge is 0.333 e. The largest absolute Gasteiger partial charge is 0.458 e. The lowest BCUT2D eigenvalue weighted by Gasteiger charge is -2.10. The number of carbonyl (C=O) groups is 1. The molecule has 0 spiro atoms. The molecule has 0 amide bonds. The zero-order chi connectivity index (χ0) is 11.8. The normalized spacial score (nSPS) is 30.8. The lowest BCUT2D eigenvalue weighted by molar-refractivity contribution is -0.138. The Labute approximate surface area is 97.4 Å². The topological polar surface area (TPSA) is 26.3 Å². The Morgan fingerprint density at radius 2 is 2.31 bits per heavy atom. The molecule has 88 valence electrons. The van der Waals surface area contributed by atoms with Crippen LogP contribution in [0.1, 0.15) is 33.6 Å². The van der Waals surface area contributed by atoms with Crippen molar-refractivity contribution in [2.75, 3.05) is 6.61 Å². The summed E-state index contributed by atoms with van der Waals surface area (Å²) >= 11 is 0. The number of carbonyl (C=O) groups excluding carboxylic acids is 1. The van der Waals surface area contributed by atoms with Crippen molar-refractivity contribution in [1.29, 1.82) is 0 Å². The summed E-state index contributed by atoms with van der Waals surface area (Å²) in [7, 11) is 0. The molecule has 0 bridgehead atoms. The van der Waals surface area contributed by atoms with Crippen molar-refractivity contribution in [2.45, 2.75) is 33.6 Å². The zero-order valence-corrected chi connectivity index (χ0v) is 10.3. The van der Waals surface area contributed by atoms with Crippen LogP contribution in [-0.2, 0) is 9.53 Å². The second-order valence-electron chi connectivity index (χ2n) is 5.37. The van der Waals surface area contributed by atoms with E-state index in [2.05, 4.69) is 19.9 Å². The maximum Gasteiger partial charge on any atom is 0.333 e. The molecule has 1 saturated carbocycles. The highest BCUT2D eigenvalue weighted by molar-refractivity contribution is 5.88. The molecule has 0 aliphatic heterocycles. The summed E-state index contributed by atoms with van der Waals surface area (Å²) in [5.41, 5.74) is 1.32. The molecule has 0 unspecified atom stereocenters. The molecule has 0 N–H and O–H groups in total. The molecule has 0 radical (unpaired) electrons. The standard InChI is InChI=1S/C14H20O2/c1-4-5-8-16-13(15)10-6-7-11-12(9-10)14(11,2)3/h4-6,11-12H,7-9H2,1-3H3/t11-,12+/m1/s1. The van der Waals surface area contributed by atoms with Crippen molar-refractivity contribution in [1.82, 2.24) is 0 Å². The predicted octanol–water partition coefficient (Wildman–Crippen LogP) is 3.10. The Balaban J connectivity index is 1.88. The summed E-state index contributed by atoms with van der Waals surface area (Å²) in [6.45, 7) is 6.91. The molecule has 2 rings (SSSR count). The molecule has 2 aliphatic carbocycles. The number of ether oxygens (including phenoxy) is 1. The Kier molecular flexibility index (Phi) is 2.92. The van der Waals surface area contributed by atoms with Gasteiger partial charge in [-0.3, -0.25) is 0 Å². The summed E-state index contributed by atoms with van der Waals surface area (Å²) in [6, 6.07) is 0. The molecule has 0 saturated heterocycles. The Morgan fingerprint density at radius 1 is 1.56 bits per heavy atom. The third-order valence-corrected chi connectivity index (χ3v) is 4.15. The monoisotopic (exact) mass is 220 g/mol. The molecule has 0 aromatic heterocycles. The van der Waals surface area contributed by atoms with E-state index in [4.69, 9.17) is 4.74 Å². The Morgan fingerprint density at radius 3 is 2.94 bits per heavy atom. The van der Waals surface area contributed by atoms with Crippen LogP contribution in [0, 0.1) is 17.3 Å². The number of hydrogen-bond acceptors (Lipinski definition) is 2. The molecule has 2 heteroatoms. The SMILES string of the molecule is CC=CCOC(=O)C1=CC[C@@H]2[C@H](C1)C2(C)C. The zero-order valence-electron chi connectivity index (χ0n) is 10.3. The van der Waals surface area contributed by atoms with Gasteiger partial charge >= 0.3 is 5.97 Å². The van der Waals surface area contributed by atoms with Gasteiger partial charge in [0.15, 0.2) is 0 Å². The second-order valence-corrected chi connectivity index (χ2v) is 5.37. The minimum absolute atomic E-state index is 0.126. The van der Waals surface area contributed by atoms with Crippen LogP contribution in [0.4, 0.5) is 0 Å². The van der Waals surface area contributed by atoms with Gasteiger partial charge < -0.3 is 4.74 Å². The predicted molar refractivity (Wildman–Crippen MR) is 63.9 cm³/mol. The molecular formula is C14H20O2. The molecule has 0 aromatic carbocycles. The first kappa shape index (κ1) is 11.4. The van der Waals surface area contributed by atoms with Crippen LogP contribution in [0.25, 0.3) is 0 Å². The van der Waals surface area contributed by atoms with E-state index in [-0.39, 0.29) is 5.97 Å². The van der Waals surface area contributed by atoms with Crippen molar-refractivity contribution >= 4 is 5.97 Å². The lowest BCUT2D eigenvalue weighted by Crippen LogP contribution is -2.11. The molecular weight excluding hydrogens is 200 g/mol. The highest BCUT2D eigenvalue weighted by Gasteiger charge is 2.58. The van der Waals surface area contributed by atoms with E-state index in [1.807, 2.05) is 19.1 Å². The lowest BCUT2D eigenvalue weighted by atomic mass is 10.00. The van der Waals surface area contributed by atoms with Crippen LogP contribution >= 0.6 is 0 Å². The fourth-order valence-corrected chi connectivity index (χ4v) is 2.80. The molecule has 0 heterocycles. The van der Waals surface area contributed by atoms with Gasteiger partial charge in [0.2, 0.25) is 0 Å². The van der Waals surface area contributed by atoms with Gasteiger partial charge in [-0.05, 0) is 37.0 Å². The van der Waals surface area contributed by atoms with Crippen molar-refractivity contribution in [3.63, 3.8) is 0 Å². The summed E-state index contributed by atoms with van der Waals surface area (Å²) in [5.74, 6) is 1.36. The molecule has 2 aliphatic rings. The van der Waals surface area contributed by atoms with Gasteiger partial charge in [0, 0.05) is 5.57 Å². The van der Waals surface area contributed by atoms with Crippen LogP contribution in [0.2, 0.25) is 0 Å². The maximum atomic E-state index is 11.7. The number of esters is 1. The average molecular weight is 220 g/mol. The van der Waals surface area contributed by atoms with E-state index in [1.54, 1.807) is 0 Å². The Bertz CT molecular complexity index is 350. The molecule has 2 nitrogen and oxygen atoms in total. The highest BCUT2D eigenvalue weighted by Crippen LogP contribution is 2.64. The Hall–Kier alpha value is -1.05. The van der Waals surface area contributed by atoms with E-state index in [9.17, 15) is 4.79 Å². The molecule has 16 heavy (non-hydrogen) atoms. The van der Waals surface area contributed by atoms with Gasteiger partial charge in [-0.15, -0.1) is 0 Å². The quantitative estimate of drug-likeness (QED) is 0.539. The van der Waals surface area contributed by atoms with E-state index in [1.165, 1.54) is 0 Å². The van der Waals surface area contributed by atoms with Crippen molar-refractivity contribution in [2.24, 2.45) is 17.3 Å². The first-order chi connectivity index (χ1) is 7.57. The van der Waals surface area contributed by atoms with E-state index in [0.717, 1.165) is 24.3 Å². The minimum atomic E-state index is -0.126. The van der Waals surface area contributed by atoms with Crippen LogP contribution in [0.3, 0.4) is 0 Å². The van der Waals surface area contributed by atoms with Crippen LogP contribution < -0.4 is 0 Å². The van der Waals surface area contributed by atoms with Gasteiger partial charge in [-0.1, -0.05) is 32.1 Å². The third-order valence-electron chi connectivity index (χ3n) is 4.15. The first-order valence-corrected chi connectivity index (χ1v) is 6.04. The van der Waals surface area contributed by atoms with Crippen LogP contribution in [-0.4, -0.2) is 12.6 Å². The van der Waals surface area contributed by atoms with Gasteiger partial charge in [-0.2, -0.15) is 0 Å². The third kappa shape index (κ3) is 1.93. The van der Waals surface area contributed by atoms with E-state index >= 15 is 0 Å². The fraction of sp³-hybridized carbons (Fsp3) is 0.643. The van der Waals surface area contributed by atoms with E-state index in [0.29, 0.717) is 17.9 Å². The van der Waals surface area contributed by atoms with Gasteiger partial charge in [0.25, 0.3) is 0 Å². The summed E-state index contributed by atoms with van der Waals surface area (Å²) in [4.78, 5) is 11.7.